The molecule has 0 unspecified atom stereocenters. The van der Waals surface area contributed by atoms with E-state index >= 15 is 0 Å². The fourth-order valence-corrected chi connectivity index (χ4v) is 8.64. The second-order valence-electron chi connectivity index (χ2n) is 16.6. The van der Waals surface area contributed by atoms with Crippen LogP contribution in [0.3, 0.4) is 0 Å². The monoisotopic (exact) mass is 736 g/mol. The first-order valence-corrected chi connectivity index (χ1v) is 24.0. The number of rotatable bonds is 16. The first kappa shape index (κ1) is 41.1. The van der Waals surface area contributed by atoms with Crippen molar-refractivity contribution in [1.29, 1.82) is 0 Å². The zero-order valence-electron chi connectivity index (χ0n) is 31.0. The van der Waals surface area contributed by atoms with Crippen LogP contribution in [0.2, 0.25) is 36.3 Å². The second-order valence-corrected chi connectivity index (χ2v) is 27.0. The zero-order valence-corrected chi connectivity index (χ0v) is 34.6. The number of benzene rings is 1. The highest BCUT2D eigenvalue weighted by molar-refractivity contribution is 9.10. The molecule has 1 aliphatic rings. The molecule has 0 radical (unpaired) electrons. The van der Waals surface area contributed by atoms with E-state index in [9.17, 15) is 9.90 Å². The van der Waals surface area contributed by atoms with Crippen molar-refractivity contribution in [3.63, 3.8) is 0 Å². The van der Waals surface area contributed by atoms with Gasteiger partial charge < -0.3 is 18.7 Å². The lowest BCUT2D eigenvalue weighted by atomic mass is 9.89. The molecule has 5 nitrogen and oxygen atoms in total. The summed E-state index contributed by atoms with van der Waals surface area (Å²) in [5.41, 5.74) is 1.21. The molecular formula is C38H65BrO5Si2. The molecule has 1 saturated carbocycles. The van der Waals surface area contributed by atoms with Gasteiger partial charge in [0.15, 0.2) is 16.6 Å². The number of hydrogen-bond acceptors (Lipinski definition) is 5. The minimum absolute atomic E-state index is 0.0355. The molecule has 0 saturated heterocycles. The number of aliphatic hydroxyl groups excluding tert-OH is 1. The number of halogens is 1. The van der Waals surface area contributed by atoms with Crippen LogP contribution in [0.4, 0.5) is 0 Å². The van der Waals surface area contributed by atoms with E-state index in [0.29, 0.717) is 12.8 Å². The minimum atomic E-state index is -2.07. The molecule has 1 N–H and O–H groups in total. The van der Waals surface area contributed by atoms with E-state index in [2.05, 4.69) is 114 Å². The average molecular weight is 738 g/mol. The summed E-state index contributed by atoms with van der Waals surface area (Å²) in [5, 5.41) is 11.3. The highest BCUT2D eigenvalue weighted by atomic mass is 79.9. The smallest absolute Gasteiger partial charge is 0.306 e. The number of esters is 1. The number of ether oxygens (including phenoxy) is 1. The summed E-state index contributed by atoms with van der Waals surface area (Å²) in [6, 6.07) is 8.30. The Balaban J connectivity index is 2.33. The molecule has 1 aromatic carbocycles. The quantitative estimate of drug-likeness (QED) is 0.0792. The van der Waals surface area contributed by atoms with E-state index in [0.717, 1.165) is 36.6 Å². The molecule has 0 spiro atoms. The van der Waals surface area contributed by atoms with Gasteiger partial charge in [-0.3, -0.25) is 4.79 Å². The molecule has 0 amide bonds. The van der Waals surface area contributed by atoms with Crippen LogP contribution in [-0.4, -0.2) is 52.1 Å². The topological polar surface area (TPSA) is 65.0 Å². The fourth-order valence-electron chi connectivity index (χ4n) is 5.45. The SMILES string of the molecule is CC(C)OC(=O)CCC/C=C\C[C@@H]1[C@@H](/C=C/[C@@H](O)CCc2cccc(Br)c2)[C@H](O[Si](C)(C)C(C)(C)C)C[C@@H]1O[Si](C)(C)C(C)(C)C. The number of hydrogen-bond donors (Lipinski definition) is 1. The van der Waals surface area contributed by atoms with E-state index in [4.69, 9.17) is 13.6 Å². The Morgan fingerprint density at radius 3 is 2.17 bits per heavy atom. The summed E-state index contributed by atoms with van der Waals surface area (Å²) < 4.78 is 20.7. The van der Waals surface area contributed by atoms with Crippen molar-refractivity contribution < 1.29 is 23.5 Å². The molecule has 5 atom stereocenters. The Kier molecular flexibility index (Phi) is 15.7. The van der Waals surface area contributed by atoms with Gasteiger partial charge in [-0.2, -0.15) is 0 Å². The van der Waals surface area contributed by atoms with Gasteiger partial charge in [0.25, 0.3) is 0 Å². The molecule has 0 bridgehead atoms. The highest BCUT2D eigenvalue weighted by Gasteiger charge is 2.50. The maximum absolute atomic E-state index is 12.0. The van der Waals surface area contributed by atoms with Crippen molar-refractivity contribution in [2.24, 2.45) is 11.8 Å². The molecule has 0 heterocycles. The molecule has 1 aromatic rings. The Morgan fingerprint density at radius 1 is 1.00 bits per heavy atom. The van der Waals surface area contributed by atoms with E-state index in [1.165, 1.54) is 5.56 Å². The summed E-state index contributed by atoms with van der Waals surface area (Å²) in [7, 11) is -4.11. The van der Waals surface area contributed by atoms with Gasteiger partial charge in [-0.05, 0) is 112 Å². The van der Waals surface area contributed by atoms with Crippen LogP contribution in [0.15, 0.2) is 53.0 Å². The van der Waals surface area contributed by atoms with E-state index in [1.807, 2.05) is 32.1 Å². The van der Waals surface area contributed by atoms with Crippen LogP contribution in [0.5, 0.6) is 0 Å². The van der Waals surface area contributed by atoms with Gasteiger partial charge >= 0.3 is 5.97 Å². The van der Waals surface area contributed by atoms with Crippen LogP contribution in [0, 0.1) is 11.8 Å². The van der Waals surface area contributed by atoms with Crippen LogP contribution in [0.1, 0.15) is 99.5 Å². The standard InChI is InChI=1S/C38H65BrO5Si2/c1-28(2)42-36(41)21-16-14-13-15-20-32-33(25-24-31(40)23-22-29-18-17-19-30(39)26-29)35(44-46(11,12)38(6,7)8)27-34(32)43-45(9,10)37(3,4)5/h13,15,17-19,24-26,28,31-35,40H,14,16,20-23,27H2,1-12H3/b15-13-,25-24+/t31-,32+,33+,34-,35+/m0/s1. The third-order valence-corrected chi connectivity index (χ3v) is 19.7. The Hall–Kier alpha value is -1.04. The van der Waals surface area contributed by atoms with Crippen molar-refractivity contribution in [2.45, 2.75) is 161 Å². The summed E-state index contributed by atoms with van der Waals surface area (Å²) in [6.07, 6.45) is 13.5. The lowest BCUT2D eigenvalue weighted by Gasteiger charge is -2.40. The predicted octanol–water partition coefficient (Wildman–Crippen LogP) is 10.8. The molecule has 2 rings (SSSR count). The summed E-state index contributed by atoms with van der Waals surface area (Å²) in [5.74, 6) is 0.242. The minimum Gasteiger partial charge on any atom is -0.463 e. The molecule has 1 fully saturated rings. The van der Waals surface area contributed by atoms with Crippen molar-refractivity contribution >= 4 is 38.5 Å². The lowest BCUT2D eigenvalue weighted by molar-refractivity contribution is -0.147. The largest absolute Gasteiger partial charge is 0.463 e. The van der Waals surface area contributed by atoms with Crippen molar-refractivity contribution in [3.8, 4) is 0 Å². The summed E-state index contributed by atoms with van der Waals surface area (Å²) in [4.78, 5) is 12.0. The first-order valence-electron chi connectivity index (χ1n) is 17.4. The van der Waals surface area contributed by atoms with Crippen molar-refractivity contribution in [1.82, 2.24) is 0 Å². The third kappa shape index (κ3) is 13.1. The normalized spacial score (nSPS) is 22.3. The van der Waals surface area contributed by atoms with Crippen LogP contribution >= 0.6 is 15.9 Å². The molecule has 0 aromatic heterocycles. The fraction of sp³-hybridized carbons (Fsp3) is 0.711. The van der Waals surface area contributed by atoms with Crippen LogP contribution < -0.4 is 0 Å². The van der Waals surface area contributed by atoms with E-state index in [-0.39, 0.29) is 46.2 Å². The molecule has 0 aliphatic heterocycles. The van der Waals surface area contributed by atoms with Gasteiger partial charge in [0.2, 0.25) is 0 Å². The predicted molar refractivity (Wildman–Crippen MR) is 202 cm³/mol. The van der Waals surface area contributed by atoms with E-state index < -0.39 is 22.7 Å². The summed E-state index contributed by atoms with van der Waals surface area (Å²) >= 11 is 3.56. The number of carbonyl (C=O) groups is 1. The Morgan fingerprint density at radius 2 is 1.61 bits per heavy atom. The van der Waals surface area contributed by atoms with Gasteiger partial charge in [0.1, 0.15) is 0 Å². The average Bonchev–Trinajstić information content (AvgIpc) is 3.20. The van der Waals surface area contributed by atoms with Crippen molar-refractivity contribution in [2.75, 3.05) is 0 Å². The van der Waals surface area contributed by atoms with Gasteiger partial charge in [0, 0.05) is 16.8 Å². The highest BCUT2D eigenvalue weighted by Crippen LogP contribution is 2.48. The lowest BCUT2D eigenvalue weighted by Crippen LogP contribution is -2.45. The van der Waals surface area contributed by atoms with Gasteiger partial charge in [-0.15, -0.1) is 0 Å². The third-order valence-electron chi connectivity index (χ3n) is 10.2. The Bertz CT molecular complexity index is 1150. The molecule has 1 aliphatic carbocycles. The molecular weight excluding hydrogens is 672 g/mol. The molecule has 8 heteroatoms. The van der Waals surface area contributed by atoms with Gasteiger partial charge in [-0.25, -0.2) is 0 Å². The molecule has 262 valence electrons. The maximum Gasteiger partial charge on any atom is 0.306 e. The number of aryl methyl sites for hydroxylation is 1. The Labute approximate surface area is 292 Å². The number of unbranched alkanes of at least 4 members (excludes halogenated alkanes) is 1. The van der Waals surface area contributed by atoms with Crippen LogP contribution in [-0.2, 0) is 24.8 Å². The number of aliphatic hydroxyl groups is 1. The number of allylic oxidation sites excluding steroid dienone is 2. The first-order chi connectivity index (χ1) is 21.1. The number of carbonyl (C=O) groups excluding carboxylic acids is 1. The molecule has 46 heavy (non-hydrogen) atoms. The van der Waals surface area contributed by atoms with Gasteiger partial charge in [-0.1, -0.05) is 93.9 Å². The maximum atomic E-state index is 12.0. The van der Waals surface area contributed by atoms with Crippen LogP contribution in [0.25, 0.3) is 0 Å². The van der Waals surface area contributed by atoms with E-state index in [1.54, 1.807) is 0 Å². The van der Waals surface area contributed by atoms with Gasteiger partial charge in [0.05, 0.1) is 24.4 Å². The summed E-state index contributed by atoms with van der Waals surface area (Å²) in [6.45, 7) is 26.9. The second kappa shape index (κ2) is 17.6. The zero-order chi connectivity index (χ0) is 34.9. The van der Waals surface area contributed by atoms with Crippen molar-refractivity contribution in [3.05, 3.63) is 58.6 Å².